The Balaban J connectivity index is 2.26. The van der Waals surface area contributed by atoms with Crippen molar-refractivity contribution < 1.29 is 14.6 Å². The summed E-state index contributed by atoms with van der Waals surface area (Å²) in [6, 6.07) is 6.42. The molecule has 2 N–H and O–H groups in total. The molecular weight excluding hydrogens is 221 g/mol. The first-order valence-corrected chi connectivity index (χ1v) is 5.91. The number of nitrogens with zero attached hydrogens (tertiary/aromatic N) is 1. The lowest BCUT2D eigenvalue weighted by Gasteiger charge is -2.22. The van der Waals surface area contributed by atoms with Crippen molar-refractivity contribution in [2.45, 2.75) is 25.0 Å². The molecule has 1 aromatic carbocycles. The summed E-state index contributed by atoms with van der Waals surface area (Å²) in [6.07, 6.45) is 0.445. The van der Waals surface area contributed by atoms with Crippen molar-refractivity contribution in [3.63, 3.8) is 0 Å². The highest BCUT2D eigenvalue weighted by Gasteiger charge is 2.42. The highest BCUT2D eigenvalue weighted by Crippen LogP contribution is 2.37. The summed E-state index contributed by atoms with van der Waals surface area (Å²) in [5, 5.41) is 19.3. The molecule has 0 aromatic heterocycles. The fourth-order valence-corrected chi connectivity index (χ4v) is 2.53. The van der Waals surface area contributed by atoms with Gasteiger partial charge in [0.05, 0.1) is 6.61 Å². The highest BCUT2D eigenvalue weighted by atomic mass is 19.1. The lowest BCUT2D eigenvalue weighted by atomic mass is 9.97. The van der Waals surface area contributed by atoms with E-state index >= 15 is 0 Å². The molecule has 94 valence electrons. The van der Waals surface area contributed by atoms with Crippen LogP contribution in [0.5, 0.6) is 0 Å². The predicted octanol–water partition coefficient (Wildman–Crippen LogP) is 1.32. The van der Waals surface area contributed by atoms with Gasteiger partial charge in [0.2, 0.25) is 0 Å². The second kappa shape index (κ2) is 4.72. The lowest BCUT2D eigenvalue weighted by Crippen LogP contribution is -2.36. The van der Waals surface area contributed by atoms with Crippen LogP contribution in [0.4, 0.5) is 4.39 Å². The van der Waals surface area contributed by atoms with Crippen LogP contribution < -0.4 is 0 Å². The van der Waals surface area contributed by atoms with Crippen LogP contribution in [0.1, 0.15) is 24.9 Å². The van der Waals surface area contributed by atoms with Gasteiger partial charge in [-0.3, -0.25) is 4.90 Å². The van der Waals surface area contributed by atoms with Gasteiger partial charge in [-0.2, -0.15) is 0 Å². The Morgan fingerprint density at radius 2 is 2.29 bits per heavy atom. The number of likely N-dealkylation sites (N-methyl/N-ethyl adjacent to an activating group) is 1. The zero-order valence-electron chi connectivity index (χ0n) is 9.93. The molecule has 2 atom stereocenters. The number of aliphatic hydroxyl groups is 2. The van der Waals surface area contributed by atoms with Crippen LogP contribution in [-0.2, 0) is 0 Å². The van der Waals surface area contributed by atoms with Gasteiger partial charge in [0.1, 0.15) is 11.4 Å². The summed E-state index contributed by atoms with van der Waals surface area (Å²) < 4.78 is 13.2. The van der Waals surface area contributed by atoms with Crippen molar-refractivity contribution in [2.24, 2.45) is 0 Å². The summed E-state index contributed by atoms with van der Waals surface area (Å²) in [7, 11) is 0. The molecule has 1 saturated heterocycles. The minimum atomic E-state index is -1.06. The van der Waals surface area contributed by atoms with Crippen molar-refractivity contribution in [2.75, 3.05) is 19.7 Å². The molecule has 0 radical (unpaired) electrons. The number of hydrogen-bond donors (Lipinski definition) is 2. The van der Waals surface area contributed by atoms with Crippen LogP contribution in [0.15, 0.2) is 24.3 Å². The van der Waals surface area contributed by atoms with Crippen LogP contribution >= 0.6 is 0 Å². The highest BCUT2D eigenvalue weighted by molar-refractivity contribution is 5.22. The number of aliphatic hydroxyl groups excluding tert-OH is 1. The molecule has 0 aliphatic carbocycles. The molecule has 0 bridgehead atoms. The van der Waals surface area contributed by atoms with E-state index in [0.717, 1.165) is 12.1 Å². The van der Waals surface area contributed by atoms with Gasteiger partial charge in [0.25, 0.3) is 0 Å². The third kappa shape index (κ3) is 2.49. The molecule has 4 heteroatoms. The molecule has 1 aliphatic heterocycles. The second-order valence-electron chi connectivity index (χ2n) is 4.72. The molecular formula is C13H18FNO2. The smallest absolute Gasteiger partial charge is 0.123 e. The quantitative estimate of drug-likeness (QED) is 0.836. The normalized spacial score (nSPS) is 29.8. The maximum Gasteiger partial charge on any atom is 0.123 e. The van der Waals surface area contributed by atoms with E-state index < -0.39 is 5.60 Å². The molecule has 2 rings (SSSR count). The Morgan fingerprint density at radius 3 is 2.88 bits per heavy atom. The fraction of sp³-hybridized carbons (Fsp3) is 0.538. The number of halogens is 1. The van der Waals surface area contributed by atoms with E-state index in [-0.39, 0.29) is 18.5 Å². The summed E-state index contributed by atoms with van der Waals surface area (Å²) in [5.41, 5.74) is -0.205. The fourth-order valence-electron chi connectivity index (χ4n) is 2.53. The summed E-state index contributed by atoms with van der Waals surface area (Å²) >= 11 is 0. The monoisotopic (exact) mass is 239 g/mol. The first kappa shape index (κ1) is 12.5. The SMILES string of the molecule is CCN1CC(O)(CO)CC1c1cccc(F)c1. The largest absolute Gasteiger partial charge is 0.393 e. The average molecular weight is 239 g/mol. The molecule has 0 amide bonds. The van der Waals surface area contributed by atoms with Crippen molar-refractivity contribution in [3.05, 3.63) is 35.6 Å². The zero-order chi connectivity index (χ0) is 12.5. The number of likely N-dealkylation sites (tertiary alicyclic amines) is 1. The Morgan fingerprint density at radius 1 is 1.53 bits per heavy atom. The van der Waals surface area contributed by atoms with E-state index in [4.69, 9.17) is 0 Å². The van der Waals surface area contributed by atoms with E-state index in [0.29, 0.717) is 13.0 Å². The molecule has 1 aromatic rings. The molecule has 1 fully saturated rings. The van der Waals surface area contributed by atoms with Gasteiger partial charge in [-0.25, -0.2) is 4.39 Å². The lowest BCUT2D eigenvalue weighted by molar-refractivity contribution is -0.00520. The van der Waals surface area contributed by atoms with Crippen LogP contribution in [0.25, 0.3) is 0 Å². The zero-order valence-corrected chi connectivity index (χ0v) is 9.93. The first-order chi connectivity index (χ1) is 8.08. The number of benzene rings is 1. The average Bonchev–Trinajstić information content (AvgIpc) is 2.68. The van der Waals surface area contributed by atoms with Gasteiger partial charge in [-0.05, 0) is 30.7 Å². The second-order valence-corrected chi connectivity index (χ2v) is 4.72. The molecule has 0 saturated carbocycles. The van der Waals surface area contributed by atoms with Crippen molar-refractivity contribution in [3.8, 4) is 0 Å². The minimum absolute atomic E-state index is 0.0205. The van der Waals surface area contributed by atoms with Crippen LogP contribution in [0.3, 0.4) is 0 Å². The summed E-state index contributed by atoms with van der Waals surface area (Å²) in [5.74, 6) is -0.266. The third-order valence-electron chi connectivity index (χ3n) is 3.45. The molecule has 0 spiro atoms. The van der Waals surface area contributed by atoms with Crippen molar-refractivity contribution in [1.82, 2.24) is 4.90 Å². The van der Waals surface area contributed by atoms with Gasteiger partial charge in [-0.1, -0.05) is 19.1 Å². The Bertz CT molecular complexity index is 399. The standard InChI is InChI=1S/C13H18FNO2/c1-2-15-8-13(17,9-16)7-12(15)10-4-3-5-11(14)6-10/h3-6,12,16-17H,2,7-9H2,1H3. The van der Waals surface area contributed by atoms with E-state index in [9.17, 15) is 14.6 Å². The van der Waals surface area contributed by atoms with E-state index in [1.807, 2.05) is 13.0 Å². The molecule has 1 aliphatic rings. The minimum Gasteiger partial charge on any atom is -0.393 e. The first-order valence-electron chi connectivity index (χ1n) is 5.91. The van der Waals surface area contributed by atoms with Crippen molar-refractivity contribution >= 4 is 0 Å². The van der Waals surface area contributed by atoms with Crippen LogP contribution in [0.2, 0.25) is 0 Å². The summed E-state index contributed by atoms with van der Waals surface area (Å²) in [6.45, 7) is 2.94. The Labute approximate surface area is 100 Å². The van der Waals surface area contributed by atoms with Gasteiger partial charge in [0.15, 0.2) is 0 Å². The summed E-state index contributed by atoms with van der Waals surface area (Å²) in [4.78, 5) is 2.06. The number of β-amino-alcohol motifs (C(OH)–C–C–N with tert-alkyl or cyclic N) is 1. The van der Waals surface area contributed by atoms with Crippen LogP contribution in [0, 0.1) is 5.82 Å². The van der Waals surface area contributed by atoms with Crippen LogP contribution in [-0.4, -0.2) is 40.4 Å². The molecule has 1 heterocycles. The van der Waals surface area contributed by atoms with E-state index in [1.54, 1.807) is 6.07 Å². The molecule has 3 nitrogen and oxygen atoms in total. The van der Waals surface area contributed by atoms with E-state index in [1.165, 1.54) is 12.1 Å². The van der Waals surface area contributed by atoms with Gasteiger partial charge in [-0.15, -0.1) is 0 Å². The topological polar surface area (TPSA) is 43.7 Å². The third-order valence-corrected chi connectivity index (χ3v) is 3.45. The van der Waals surface area contributed by atoms with Gasteiger partial charge in [0, 0.05) is 12.6 Å². The number of rotatable bonds is 3. The molecule has 2 unspecified atom stereocenters. The van der Waals surface area contributed by atoms with Gasteiger partial charge < -0.3 is 10.2 Å². The maximum atomic E-state index is 13.2. The number of hydrogen-bond acceptors (Lipinski definition) is 3. The maximum absolute atomic E-state index is 13.2. The molecule has 17 heavy (non-hydrogen) atoms. The van der Waals surface area contributed by atoms with Crippen molar-refractivity contribution in [1.29, 1.82) is 0 Å². The van der Waals surface area contributed by atoms with E-state index in [2.05, 4.69) is 4.90 Å². The Kier molecular flexibility index (Phi) is 3.47. The Hall–Kier alpha value is -0.970. The van der Waals surface area contributed by atoms with Gasteiger partial charge >= 0.3 is 0 Å². The predicted molar refractivity (Wildman–Crippen MR) is 63.0 cm³/mol.